The van der Waals surface area contributed by atoms with Crippen molar-refractivity contribution in [1.29, 1.82) is 0 Å². The number of phenolic OH excluding ortho intramolecular Hbond substituents is 1. The molecule has 38 heavy (non-hydrogen) atoms. The predicted molar refractivity (Wildman–Crippen MR) is 142 cm³/mol. The maximum atomic E-state index is 13.9. The highest BCUT2D eigenvalue weighted by atomic mass is 19.1. The van der Waals surface area contributed by atoms with Crippen LogP contribution in [-0.2, 0) is 27.2 Å². The molecular formula is C29H33FN4O4. The largest absolute Gasteiger partial charge is 0.508 e. The van der Waals surface area contributed by atoms with Crippen LogP contribution in [0.3, 0.4) is 0 Å². The zero-order chi connectivity index (χ0) is 28.0. The molecule has 3 amide bonds. The van der Waals surface area contributed by atoms with E-state index in [2.05, 4.69) is 0 Å². The minimum absolute atomic E-state index is 0.120. The summed E-state index contributed by atoms with van der Waals surface area (Å²) in [6.45, 7) is 1.73. The first kappa shape index (κ1) is 28.3. The number of carbonyl (C=O) groups excluding carboxylic acids is 3. The molecule has 3 atom stereocenters. The number of amides is 3. The van der Waals surface area contributed by atoms with Gasteiger partial charge in [-0.3, -0.25) is 14.4 Å². The number of benzene rings is 3. The molecule has 0 fully saturated rings. The Morgan fingerprint density at radius 1 is 0.868 bits per heavy atom. The minimum atomic E-state index is -1.07. The van der Waals surface area contributed by atoms with Crippen molar-refractivity contribution < 1.29 is 23.9 Å². The van der Waals surface area contributed by atoms with Crippen LogP contribution < -0.4 is 11.5 Å². The third kappa shape index (κ3) is 6.74. The first-order chi connectivity index (χ1) is 18.0. The van der Waals surface area contributed by atoms with Gasteiger partial charge in [0.15, 0.2) is 0 Å². The van der Waals surface area contributed by atoms with Crippen LogP contribution in [-0.4, -0.2) is 58.8 Å². The van der Waals surface area contributed by atoms with Crippen LogP contribution >= 0.6 is 0 Å². The highest BCUT2D eigenvalue weighted by Crippen LogP contribution is 2.25. The fourth-order valence-corrected chi connectivity index (χ4v) is 4.36. The molecule has 3 rings (SSSR count). The molecule has 3 unspecified atom stereocenters. The van der Waals surface area contributed by atoms with E-state index in [9.17, 15) is 23.9 Å². The number of aromatic hydroxyl groups is 1. The van der Waals surface area contributed by atoms with E-state index < -0.39 is 41.7 Å². The number of hydrogen-bond donors (Lipinski definition) is 3. The van der Waals surface area contributed by atoms with Gasteiger partial charge in [0.1, 0.15) is 23.7 Å². The molecule has 0 aliphatic heterocycles. The molecule has 5 N–H and O–H groups in total. The Labute approximate surface area is 221 Å². The van der Waals surface area contributed by atoms with Crippen LogP contribution in [0.15, 0.2) is 72.8 Å². The van der Waals surface area contributed by atoms with Gasteiger partial charge >= 0.3 is 0 Å². The van der Waals surface area contributed by atoms with Crippen molar-refractivity contribution in [1.82, 2.24) is 9.80 Å². The zero-order valence-corrected chi connectivity index (χ0v) is 21.7. The van der Waals surface area contributed by atoms with E-state index >= 15 is 0 Å². The van der Waals surface area contributed by atoms with Crippen LogP contribution in [0.1, 0.15) is 28.3 Å². The second kappa shape index (κ2) is 12.3. The molecule has 9 heteroatoms. The first-order valence-electron chi connectivity index (χ1n) is 12.2. The van der Waals surface area contributed by atoms with Crippen molar-refractivity contribution in [3.63, 3.8) is 0 Å². The number of halogens is 1. The fourth-order valence-electron chi connectivity index (χ4n) is 4.36. The molecule has 3 aromatic carbocycles. The molecule has 0 aliphatic rings. The number of nitrogens with zero attached hydrogens (tertiary/aromatic N) is 2. The number of phenols is 1. The first-order valence-corrected chi connectivity index (χ1v) is 12.2. The average Bonchev–Trinajstić information content (AvgIpc) is 2.90. The molecule has 0 aliphatic carbocycles. The highest BCUT2D eigenvalue weighted by molar-refractivity contribution is 5.93. The number of rotatable bonds is 10. The van der Waals surface area contributed by atoms with E-state index in [0.29, 0.717) is 22.3 Å². The van der Waals surface area contributed by atoms with Crippen molar-refractivity contribution in [2.75, 3.05) is 14.1 Å². The maximum Gasteiger partial charge on any atom is 0.250 e. The quantitative estimate of drug-likeness (QED) is 0.378. The van der Waals surface area contributed by atoms with E-state index in [1.807, 2.05) is 0 Å². The summed E-state index contributed by atoms with van der Waals surface area (Å²) in [4.78, 5) is 42.2. The molecule has 0 radical (unpaired) electrons. The number of hydrogen-bond acceptors (Lipinski definition) is 5. The van der Waals surface area contributed by atoms with E-state index in [4.69, 9.17) is 11.5 Å². The second-order valence-corrected chi connectivity index (χ2v) is 9.39. The summed E-state index contributed by atoms with van der Waals surface area (Å²) in [5.41, 5.74) is 14.5. The van der Waals surface area contributed by atoms with Crippen molar-refractivity contribution in [2.45, 2.75) is 37.9 Å². The van der Waals surface area contributed by atoms with Gasteiger partial charge in [0.25, 0.3) is 0 Å². The van der Waals surface area contributed by atoms with Crippen LogP contribution in [0.4, 0.5) is 4.39 Å². The third-order valence-electron chi connectivity index (χ3n) is 6.60. The van der Waals surface area contributed by atoms with Crippen molar-refractivity contribution in [3.8, 4) is 5.75 Å². The van der Waals surface area contributed by atoms with Gasteiger partial charge in [0, 0.05) is 20.5 Å². The molecule has 0 saturated carbocycles. The Bertz CT molecular complexity index is 1280. The topological polar surface area (TPSA) is 130 Å². The summed E-state index contributed by atoms with van der Waals surface area (Å²) >= 11 is 0. The van der Waals surface area contributed by atoms with Gasteiger partial charge in [-0.1, -0.05) is 54.6 Å². The van der Waals surface area contributed by atoms with E-state index in [0.717, 1.165) is 0 Å². The van der Waals surface area contributed by atoms with Gasteiger partial charge < -0.3 is 26.4 Å². The highest BCUT2D eigenvalue weighted by Gasteiger charge is 2.36. The summed E-state index contributed by atoms with van der Waals surface area (Å²) in [7, 11) is 2.95. The van der Waals surface area contributed by atoms with E-state index in [-0.39, 0.29) is 18.6 Å². The Balaban J connectivity index is 1.88. The Morgan fingerprint density at radius 2 is 1.47 bits per heavy atom. The zero-order valence-electron chi connectivity index (χ0n) is 21.7. The van der Waals surface area contributed by atoms with Gasteiger partial charge in [-0.2, -0.15) is 0 Å². The molecule has 8 nitrogen and oxygen atoms in total. The van der Waals surface area contributed by atoms with Crippen LogP contribution in [0.5, 0.6) is 5.75 Å². The molecule has 0 aromatic heterocycles. The number of likely N-dealkylation sites (N-methyl/N-ethyl adjacent to an activating group) is 2. The summed E-state index contributed by atoms with van der Waals surface area (Å²) in [5.74, 6) is -1.99. The lowest BCUT2D eigenvalue weighted by molar-refractivity contribution is -0.147. The number of carbonyl (C=O) groups is 3. The maximum absolute atomic E-state index is 13.9. The Kier molecular flexibility index (Phi) is 9.20. The monoisotopic (exact) mass is 520 g/mol. The average molecular weight is 521 g/mol. The number of nitrogens with two attached hydrogens (primary N) is 2. The van der Waals surface area contributed by atoms with Crippen molar-refractivity contribution in [3.05, 3.63) is 101 Å². The summed E-state index contributed by atoms with van der Waals surface area (Å²) in [6.07, 6.45) is 0.279. The minimum Gasteiger partial charge on any atom is -0.508 e. The fraction of sp³-hybridized carbons (Fsp3) is 0.276. The van der Waals surface area contributed by atoms with Crippen LogP contribution in [0.25, 0.3) is 0 Å². The van der Waals surface area contributed by atoms with E-state index in [1.165, 1.54) is 42.1 Å². The molecule has 3 aromatic rings. The van der Waals surface area contributed by atoms with Gasteiger partial charge in [-0.25, -0.2) is 4.39 Å². The molecule has 0 spiro atoms. The predicted octanol–water partition coefficient (Wildman–Crippen LogP) is 2.46. The summed E-state index contributed by atoms with van der Waals surface area (Å²) < 4.78 is 13.3. The van der Waals surface area contributed by atoms with Crippen molar-refractivity contribution in [2.24, 2.45) is 11.5 Å². The third-order valence-corrected chi connectivity index (χ3v) is 6.60. The molecular weight excluding hydrogens is 487 g/mol. The van der Waals surface area contributed by atoms with Gasteiger partial charge in [0.05, 0.1) is 6.04 Å². The Morgan fingerprint density at radius 3 is 2.05 bits per heavy atom. The van der Waals surface area contributed by atoms with Gasteiger partial charge in [-0.05, 0) is 53.8 Å². The standard InChI is InChI=1S/C29H33FN4O4/c1-18-15-20(11-14-25(18)35)17-24(27(32)36)33(2)29(38)26(21-7-5-4-6-8-21)34(3)28(37)23(31)16-19-9-12-22(30)13-10-19/h4-15,23-24,26,35H,16-17,31H2,1-3H3,(H2,32,36). The number of primary amides is 1. The molecule has 0 bridgehead atoms. The molecule has 0 heterocycles. The Hall–Kier alpha value is -4.24. The summed E-state index contributed by atoms with van der Waals surface area (Å²) in [6, 6.07) is 16.3. The van der Waals surface area contributed by atoms with Crippen LogP contribution in [0, 0.1) is 12.7 Å². The molecule has 0 saturated heterocycles. The lowest BCUT2D eigenvalue weighted by Crippen LogP contribution is -2.53. The normalized spacial score (nSPS) is 13.3. The van der Waals surface area contributed by atoms with E-state index in [1.54, 1.807) is 61.5 Å². The lowest BCUT2D eigenvalue weighted by atomic mass is 9.98. The van der Waals surface area contributed by atoms with Gasteiger partial charge in [-0.15, -0.1) is 0 Å². The molecule has 200 valence electrons. The number of aryl methyl sites for hydroxylation is 1. The smallest absolute Gasteiger partial charge is 0.250 e. The van der Waals surface area contributed by atoms with Crippen molar-refractivity contribution >= 4 is 17.7 Å². The summed E-state index contributed by atoms with van der Waals surface area (Å²) in [5, 5.41) is 9.83. The van der Waals surface area contributed by atoms with Gasteiger partial charge in [0.2, 0.25) is 17.7 Å². The SMILES string of the molecule is Cc1cc(CC(C(N)=O)N(C)C(=O)C(c2ccccc2)N(C)C(=O)C(N)Cc2ccc(F)cc2)ccc1O. The lowest BCUT2D eigenvalue weighted by Gasteiger charge is -2.35. The second-order valence-electron chi connectivity index (χ2n) is 9.39. The van der Waals surface area contributed by atoms with Crippen LogP contribution in [0.2, 0.25) is 0 Å².